The molecule has 0 bridgehead atoms. The molecular formula is C25H27N5O3. The minimum absolute atomic E-state index is 0.317. The second kappa shape index (κ2) is 10.1. The molecule has 8 nitrogen and oxygen atoms in total. The number of ether oxygens (including phenoxy) is 2. The van der Waals surface area contributed by atoms with Gasteiger partial charge in [0, 0.05) is 49.1 Å². The summed E-state index contributed by atoms with van der Waals surface area (Å²) in [5.41, 5.74) is 4.49. The summed E-state index contributed by atoms with van der Waals surface area (Å²) in [5.74, 6) is 1.40. The van der Waals surface area contributed by atoms with Gasteiger partial charge in [0.25, 0.3) is 0 Å². The van der Waals surface area contributed by atoms with Gasteiger partial charge in [-0.25, -0.2) is 4.79 Å². The van der Waals surface area contributed by atoms with Crippen LogP contribution in [0.2, 0.25) is 0 Å². The van der Waals surface area contributed by atoms with Gasteiger partial charge in [-0.05, 0) is 53.6 Å². The molecule has 4 aromatic rings. The van der Waals surface area contributed by atoms with Crippen LogP contribution >= 0.6 is 0 Å². The van der Waals surface area contributed by atoms with E-state index < -0.39 is 0 Å². The summed E-state index contributed by atoms with van der Waals surface area (Å²) in [6, 6.07) is 15.2. The lowest BCUT2D eigenvalue weighted by Crippen LogP contribution is -2.20. The van der Waals surface area contributed by atoms with Gasteiger partial charge in [0.1, 0.15) is 0 Å². The minimum atomic E-state index is -0.317. The highest BCUT2D eigenvalue weighted by atomic mass is 16.5. The summed E-state index contributed by atoms with van der Waals surface area (Å²) in [4.78, 5) is 16.7. The molecule has 0 aliphatic carbocycles. The van der Waals surface area contributed by atoms with Crippen molar-refractivity contribution in [3.8, 4) is 11.5 Å². The lowest BCUT2D eigenvalue weighted by Gasteiger charge is -2.11. The average Bonchev–Trinajstić information content (AvgIpc) is 3.19. The number of hydrogen-bond acceptors (Lipinski definition) is 5. The largest absolute Gasteiger partial charge is 0.493 e. The Labute approximate surface area is 192 Å². The molecule has 0 fully saturated rings. The van der Waals surface area contributed by atoms with Gasteiger partial charge in [-0.1, -0.05) is 6.07 Å². The van der Waals surface area contributed by atoms with Crippen molar-refractivity contribution >= 4 is 28.3 Å². The van der Waals surface area contributed by atoms with Gasteiger partial charge >= 0.3 is 6.03 Å². The summed E-state index contributed by atoms with van der Waals surface area (Å²) < 4.78 is 12.7. The lowest BCUT2D eigenvalue weighted by molar-refractivity contribution is 0.262. The van der Waals surface area contributed by atoms with Crippen LogP contribution in [0.15, 0.2) is 67.1 Å². The Bertz CT molecular complexity index is 1270. The van der Waals surface area contributed by atoms with Crippen molar-refractivity contribution in [1.82, 2.24) is 14.9 Å². The number of benzene rings is 2. The van der Waals surface area contributed by atoms with Crippen LogP contribution in [0, 0.1) is 0 Å². The van der Waals surface area contributed by atoms with E-state index in [0.717, 1.165) is 27.7 Å². The number of aryl methyl sites for hydroxylation is 1. The van der Waals surface area contributed by atoms with E-state index in [-0.39, 0.29) is 6.03 Å². The fourth-order valence-corrected chi connectivity index (χ4v) is 3.65. The monoisotopic (exact) mass is 445 g/mol. The molecule has 2 amide bonds. The van der Waals surface area contributed by atoms with Crippen LogP contribution in [0.25, 0.3) is 10.9 Å². The predicted molar refractivity (Wildman–Crippen MR) is 130 cm³/mol. The van der Waals surface area contributed by atoms with Crippen LogP contribution in [0.3, 0.4) is 0 Å². The third-order valence-electron chi connectivity index (χ3n) is 5.30. The molecule has 0 unspecified atom stereocenters. The van der Waals surface area contributed by atoms with Gasteiger partial charge in [0.05, 0.1) is 26.1 Å². The maximum absolute atomic E-state index is 12.5. The number of anilines is 2. The smallest absolute Gasteiger partial charge is 0.323 e. The molecular weight excluding hydrogens is 418 g/mol. The number of nitrogens with zero attached hydrogens (tertiary/aromatic N) is 2. The van der Waals surface area contributed by atoms with Gasteiger partial charge in [-0.2, -0.15) is 0 Å². The van der Waals surface area contributed by atoms with E-state index in [1.165, 1.54) is 0 Å². The normalized spacial score (nSPS) is 10.8. The molecule has 2 heterocycles. The molecule has 4 rings (SSSR count). The number of aromatic nitrogens is 2. The number of fused-ring (bicyclic) bond motifs is 1. The SMILES string of the molecule is COc1ccc(CNCc2cncc(NC(=O)Nc3ccc4c(ccn4C)c3)c2)cc1OC. The Morgan fingerprint density at radius 2 is 1.67 bits per heavy atom. The number of methoxy groups -OCH3 is 2. The van der Waals surface area contributed by atoms with Crippen LogP contribution in [-0.2, 0) is 20.1 Å². The molecule has 170 valence electrons. The molecule has 0 saturated heterocycles. The molecule has 8 heteroatoms. The summed E-state index contributed by atoms with van der Waals surface area (Å²) in [5, 5.41) is 10.2. The molecule has 2 aromatic heterocycles. The van der Waals surface area contributed by atoms with E-state index in [2.05, 4.69) is 20.9 Å². The first-order valence-electron chi connectivity index (χ1n) is 10.5. The zero-order valence-corrected chi connectivity index (χ0v) is 18.9. The number of urea groups is 1. The minimum Gasteiger partial charge on any atom is -0.493 e. The number of carbonyl (C=O) groups excluding carboxylic acids is 1. The first-order valence-corrected chi connectivity index (χ1v) is 10.5. The molecule has 0 atom stereocenters. The van der Waals surface area contributed by atoms with Gasteiger partial charge in [-0.15, -0.1) is 0 Å². The van der Waals surface area contributed by atoms with E-state index in [1.54, 1.807) is 26.6 Å². The van der Waals surface area contributed by atoms with Crippen molar-refractivity contribution in [2.24, 2.45) is 7.05 Å². The standard InChI is InChI=1S/C25H27N5O3/c1-30-9-8-19-12-20(5-6-22(19)30)28-25(31)29-21-10-18(15-27-16-21)14-26-13-17-4-7-23(32-2)24(11-17)33-3/h4-12,15-16,26H,13-14H2,1-3H3,(H2,28,29,31). The number of carbonyl (C=O) groups is 1. The van der Waals surface area contributed by atoms with Crippen LogP contribution in [-0.4, -0.2) is 29.8 Å². The first-order chi connectivity index (χ1) is 16.1. The second-order valence-corrected chi connectivity index (χ2v) is 7.65. The van der Waals surface area contributed by atoms with E-state index in [4.69, 9.17) is 9.47 Å². The molecule has 0 radical (unpaired) electrons. The first kappa shape index (κ1) is 22.2. The highest BCUT2D eigenvalue weighted by Gasteiger charge is 2.07. The predicted octanol–water partition coefficient (Wildman–Crippen LogP) is 4.52. The van der Waals surface area contributed by atoms with Crippen LogP contribution in [0.4, 0.5) is 16.2 Å². The van der Waals surface area contributed by atoms with Gasteiger partial charge in [0.2, 0.25) is 0 Å². The third kappa shape index (κ3) is 5.42. The Hall–Kier alpha value is -4.04. The Balaban J connectivity index is 1.32. The molecule has 0 saturated carbocycles. The molecule has 0 aliphatic heterocycles. The highest BCUT2D eigenvalue weighted by molar-refractivity contribution is 6.01. The summed E-state index contributed by atoms with van der Waals surface area (Å²) in [6.07, 6.45) is 5.39. The summed E-state index contributed by atoms with van der Waals surface area (Å²) in [7, 11) is 5.23. The van der Waals surface area contributed by atoms with Gasteiger partial charge < -0.3 is 30.0 Å². The second-order valence-electron chi connectivity index (χ2n) is 7.65. The van der Waals surface area contributed by atoms with Crippen molar-refractivity contribution in [1.29, 1.82) is 0 Å². The molecule has 2 aromatic carbocycles. The number of pyridine rings is 1. The van der Waals surface area contributed by atoms with E-state index in [9.17, 15) is 4.79 Å². The van der Waals surface area contributed by atoms with E-state index >= 15 is 0 Å². The molecule has 3 N–H and O–H groups in total. The Kier molecular flexibility index (Phi) is 6.75. The van der Waals surface area contributed by atoms with Crippen molar-refractivity contribution in [3.63, 3.8) is 0 Å². The summed E-state index contributed by atoms with van der Waals surface area (Å²) >= 11 is 0. The van der Waals surface area contributed by atoms with Crippen molar-refractivity contribution in [2.75, 3.05) is 24.9 Å². The fraction of sp³-hybridized carbons (Fsp3) is 0.200. The highest BCUT2D eigenvalue weighted by Crippen LogP contribution is 2.27. The fourth-order valence-electron chi connectivity index (χ4n) is 3.65. The third-order valence-corrected chi connectivity index (χ3v) is 5.30. The quantitative estimate of drug-likeness (QED) is 0.371. The maximum Gasteiger partial charge on any atom is 0.323 e. The zero-order valence-electron chi connectivity index (χ0n) is 18.9. The summed E-state index contributed by atoms with van der Waals surface area (Å²) in [6.45, 7) is 1.25. The Morgan fingerprint density at radius 1 is 0.879 bits per heavy atom. The average molecular weight is 446 g/mol. The van der Waals surface area contributed by atoms with E-state index in [0.29, 0.717) is 30.3 Å². The number of amides is 2. The molecule has 0 aliphatic rings. The van der Waals surface area contributed by atoms with Gasteiger partial charge in [0.15, 0.2) is 11.5 Å². The van der Waals surface area contributed by atoms with Gasteiger partial charge in [-0.3, -0.25) is 4.98 Å². The van der Waals surface area contributed by atoms with Crippen molar-refractivity contribution < 1.29 is 14.3 Å². The molecule has 0 spiro atoms. The number of nitrogens with one attached hydrogen (secondary N) is 3. The van der Waals surface area contributed by atoms with E-state index in [1.807, 2.05) is 66.3 Å². The van der Waals surface area contributed by atoms with Crippen molar-refractivity contribution in [3.05, 3.63) is 78.2 Å². The van der Waals surface area contributed by atoms with Crippen LogP contribution < -0.4 is 25.4 Å². The topological polar surface area (TPSA) is 89.4 Å². The number of hydrogen-bond donors (Lipinski definition) is 3. The number of rotatable bonds is 8. The van der Waals surface area contributed by atoms with Crippen LogP contribution in [0.1, 0.15) is 11.1 Å². The van der Waals surface area contributed by atoms with Crippen LogP contribution in [0.5, 0.6) is 11.5 Å². The Morgan fingerprint density at radius 3 is 2.48 bits per heavy atom. The maximum atomic E-state index is 12.5. The lowest BCUT2D eigenvalue weighted by atomic mass is 10.2. The zero-order chi connectivity index (χ0) is 23.2. The van der Waals surface area contributed by atoms with Crippen molar-refractivity contribution in [2.45, 2.75) is 13.1 Å². The molecule has 33 heavy (non-hydrogen) atoms.